The van der Waals surface area contributed by atoms with E-state index >= 15 is 0 Å². The van der Waals surface area contributed by atoms with Gasteiger partial charge in [0, 0.05) is 25.6 Å². The van der Waals surface area contributed by atoms with Gasteiger partial charge in [-0.3, -0.25) is 29.1 Å². The van der Waals surface area contributed by atoms with Crippen LogP contribution in [0.4, 0.5) is 10.5 Å². The van der Waals surface area contributed by atoms with Crippen molar-refractivity contribution in [3.63, 3.8) is 0 Å². The molecule has 1 aliphatic heterocycles. The number of anilines is 1. The van der Waals surface area contributed by atoms with E-state index in [4.69, 9.17) is 4.74 Å². The van der Waals surface area contributed by atoms with Gasteiger partial charge in [-0.1, -0.05) is 11.3 Å². The summed E-state index contributed by atoms with van der Waals surface area (Å²) < 4.78 is 7.82. The number of ether oxygens (including phenoxy) is 1. The highest BCUT2D eigenvalue weighted by atomic mass is 16.6. The van der Waals surface area contributed by atoms with E-state index in [1.54, 1.807) is 52.1 Å². The molecule has 3 N–H and O–H groups in total. The minimum atomic E-state index is -0.841. The number of imide groups is 1. The van der Waals surface area contributed by atoms with Crippen LogP contribution >= 0.6 is 0 Å². The van der Waals surface area contributed by atoms with Crippen LogP contribution in [-0.2, 0) is 32.1 Å². The van der Waals surface area contributed by atoms with Gasteiger partial charge in [-0.25, -0.2) is 14.5 Å². The number of carbonyl (C=O) groups is 4. The van der Waals surface area contributed by atoms with Crippen LogP contribution < -0.4 is 21.5 Å². The minimum Gasteiger partial charge on any atom is -0.444 e. The van der Waals surface area contributed by atoms with Gasteiger partial charge < -0.3 is 15.4 Å². The number of benzene rings is 1. The predicted molar refractivity (Wildman–Crippen MR) is 139 cm³/mol. The topological polar surface area (TPSA) is 179 Å². The molecule has 2 aromatic heterocycles. The van der Waals surface area contributed by atoms with Crippen molar-refractivity contribution in [3.05, 3.63) is 46.3 Å². The van der Waals surface area contributed by atoms with E-state index in [2.05, 4.69) is 31.2 Å². The molecule has 1 saturated heterocycles. The molecule has 4 amide bonds. The number of hydrogen-bond acceptors (Lipinski definition) is 9. The van der Waals surface area contributed by atoms with E-state index in [1.165, 1.54) is 9.25 Å². The van der Waals surface area contributed by atoms with Gasteiger partial charge in [-0.05, 0) is 46.2 Å². The summed E-state index contributed by atoms with van der Waals surface area (Å²) in [4.78, 5) is 66.2. The highest BCUT2D eigenvalue weighted by molar-refractivity contribution is 6.01. The van der Waals surface area contributed by atoms with Crippen LogP contribution in [0, 0.1) is 6.92 Å². The van der Waals surface area contributed by atoms with Crippen LogP contribution in [0.2, 0.25) is 0 Å². The van der Waals surface area contributed by atoms with E-state index in [0.717, 1.165) is 0 Å². The molecule has 0 radical (unpaired) electrons. The van der Waals surface area contributed by atoms with Gasteiger partial charge in [0.1, 0.15) is 29.5 Å². The van der Waals surface area contributed by atoms with Crippen LogP contribution in [0.3, 0.4) is 0 Å². The number of rotatable bonds is 7. The highest BCUT2D eigenvalue weighted by Crippen LogP contribution is 2.23. The number of nitrogens with one attached hydrogen (secondary N) is 3. The van der Waals surface area contributed by atoms with Crippen molar-refractivity contribution in [3.8, 4) is 0 Å². The number of alkyl carbamates (subject to hydrolysis) is 1. The molecule has 0 spiro atoms. The lowest BCUT2D eigenvalue weighted by Crippen LogP contribution is -2.45. The van der Waals surface area contributed by atoms with E-state index in [9.17, 15) is 24.0 Å². The molecule has 1 atom stereocenters. The molecule has 1 fully saturated rings. The Morgan fingerprint density at radius 2 is 1.97 bits per heavy atom. The van der Waals surface area contributed by atoms with Crippen molar-refractivity contribution < 1.29 is 23.9 Å². The largest absolute Gasteiger partial charge is 0.444 e. The molecule has 1 aliphatic rings. The summed E-state index contributed by atoms with van der Waals surface area (Å²) in [6.45, 7) is 7.06. The summed E-state index contributed by atoms with van der Waals surface area (Å²) >= 11 is 0. The number of para-hydroxylation sites is 1. The van der Waals surface area contributed by atoms with Crippen LogP contribution in [0.1, 0.15) is 51.2 Å². The monoisotopic (exact) mass is 538 g/mol. The van der Waals surface area contributed by atoms with Crippen LogP contribution in [0.25, 0.3) is 10.9 Å². The second-order valence-corrected chi connectivity index (χ2v) is 10.1. The third-order valence-electron chi connectivity index (χ3n) is 5.84. The lowest BCUT2D eigenvalue weighted by atomic mass is 10.1. The van der Waals surface area contributed by atoms with Crippen molar-refractivity contribution in [2.45, 2.75) is 65.1 Å². The Morgan fingerprint density at radius 3 is 2.69 bits per heavy atom. The van der Waals surface area contributed by atoms with Crippen molar-refractivity contribution in [2.75, 3.05) is 11.9 Å². The Kier molecular flexibility index (Phi) is 7.74. The van der Waals surface area contributed by atoms with Crippen LogP contribution in [0.15, 0.2) is 29.2 Å². The summed E-state index contributed by atoms with van der Waals surface area (Å²) in [5, 5.41) is 15.8. The summed E-state index contributed by atoms with van der Waals surface area (Å²) in [6, 6.07) is 3.96. The maximum Gasteiger partial charge on any atom is 0.407 e. The molecule has 14 nitrogen and oxygen atoms in total. The molecule has 3 aromatic rings. The van der Waals surface area contributed by atoms with Crippen molar-refractivity contribution >= 4 is 40.4 Å². The zero-order valence-electron chi connectivity index (χ0n) is 22.1. The fourth-order valence-corrected chi connectivity index (χ4v) is 4.20. The quantitative estimate of drug-likeness (QED) is 0.370. The number of aromatic nitrogens is 5. The van der Waals surface area contributed by atoms with E-state index in [-0.39, 0.29) is 48.6 Å². The molecule has 39 heavy (non-hydrogen) atoms. The first-order valence-electron chi connectivity index (χ1n) is 12.4. The lowest BCUT2D eigenvalue weighted by molar-refractivity contribution is -0.135. The number of aryl methyl sites for hydroxylation is 1. The third kappa shape index (κ3) is 6.64. The van der Waals surface area contributed by atoms with Gasteiger partial charge >= 0.3 is 6.09 Å². The Hall–Kier alpha value is -4.62. The summed E-state index contributed by atoms with van der Waals surface area (Å²) in [5.74, 6) is -1.06. The fourth-order valence-electron chi connectivity index (χ4n) is 4.20. The Bertz CT molecular complexity index is 1500. The standard InChI is InChI=1S/C25H30N8O6/c1-14-27-21-16(23(37)33(14)18-8-9-19(34)29-22(18)36)6-5-7-17(21)28-20(35)13-32-12-15(30-31-32)10-11-26-24(38)39-25(2,3)4/h5-7,12,18H,8-11,13H2,1-4H3,(H,26,38)(H,28,35)(H,29,34,36). The Morgan fingerprint density at radius 1 is 1.21 bits per heavy atom. The predicted octanol–water partition coefficient (Wildman–Crippen LogP) is 0.980. The first kappa shape index (κ1) is 27.4. The number of piperidine rings is 1. The normalized spacial score (nSPS) is 15.6. The Balaban J connectivity index is 1.42. The summed E-state index contributed by atoms with van der Waals surface area (Å²) in [6.07, 6.45) is 1.79. The molecule has 206 valence electrons. The highest BCUT2D eigenvalue weighted by Gasteiger charge is 2.30. The lowest BCUT2D eigenvalue weighted by Gasteiger charge is -2.24. The van der Waals surface area contributed by atoms with Gasteiger partial charge in [-0.2, -0.15) is 0 Å². The van der Waals surface area contributed by atoms with Crippen LogP contribution in [0.5, 0.6) is 0 Å². The van der Waals surface area contributed by atoms with Gasteiger partial charge in [0.05, 0.1) is 16.8 Å². The number of carbonyl (C=O) groups excluding carboxylic acids is 4. The molecule has 3 heterocycles. The number of fused-ring (bicyclic) bond motifs is 1. The SMILES string of the molecule is Cc1nc2c(NC(=O)Cn3cc(CCNC(=O)OC(C)(C)C)nn3)cccc2c(=O)n1C1CCC(=O)NC1=O. The molecule has 1 unspecified atom stereocenters. The molecule has 4 rings (SSSR count). The fraction of sp³-hybridized carbons (Fsp3) is 0.440. The summed E-state index contributed by atoms with van der Waals surface area (Å²) in [7, 11) is 0. The molecule has 1 aromatic carbocycles. The van der Waals surface area contributed by atoms with Gasteiger partial charge in [-0.15, -0.1) is 5.10 Å². The maximum atomic E-state index is 13.3. The number of hydrogen-bond donors (Lipinski definition) is 3. The van der Waals surface area contributed by atoms with Gasteiger partial charge in [0.2, 0.25) is 17.7 Å². The minimum absolute atomic E-state index is 0.126. The zero-order chi connectivity index (χ0) is 28.3. The smallest absolute Gasteiger partial charge is 0.407 e. The first-order chi connectivity index (χ1) is 18.4. The average Bonchev–Trinajstić information content (AvgIpc) is 3.26. The van der Waals surface area contributed by atoms with Crippen molar-refractivity contribution in [1.82, 2.24) is 35.2 Å². The summed E-state index contributed by atoms with van der Waals surface area (Å²) in [5.41, 5.74) is 0.154. The van der Waals surface area contributed by atoms with Crippen molar-refractivity contribution in [2.24, 2.45) is 0 Å². The van der Waals surface area contributed by atoms with Gasteiger partial charge in [0.15, 0.2) is 0 Å². The van der Waals surface area contributed by atoms with Crippen molar-refractivity contribution in [1.29, 1.82) is 0 Å². The zero-order valence-corrected chi connectivity index (χ0v) is 22.1. The van der Waals surface area contributed by atoms with Gasteiger partial charge in [0.25, 0.3) is 5.56 Å². The van der Waals surface area contributed by atoms with E-state index < -0.39 is 35.1 Å². The Labute approximate surface area is 223 Å². The molecule has 14 heteroatoms. The molecule has 0 saturated carbocycles. The average molecular weight is 539 g/mol. The molecular weight excluding hydrogens is 508 g/mol. The van der Waals surface area contributed by atoms with E-state index in [0.29, 0.717) is 17.8 Å². The molecule has 0 bridgehead atoms. The number of nitrogens with zero attached hydrogens (tertiary/aromatic N) is 5. The molecule has 0 aliphatic carbocycles. The maximum absolute atomic E-state index is 13.3. The second-order valence-electron chi connectivity index (χ2n) is 10.1. The number of amides is 4. The third-order valence-corrected chi connectivity index (χ3v) is 5.84. The molecular formula is C25H30N8O6. The first-order valence-corrected chi connectivity index (χ1v) is 12.4. The van der Waals surface area contributed by atoms with E-state index in [1.807, 2.05) is 0 Å². The second kappa shape index (κ2) is 11.0. The van der Waals surface area contributed by atoms with Crippen LogP contribution in [-0.4, -0.2) is 60.5 Å².